The SMILES string of the molecule is O=C1C(=Cc2cc(Cl)cc3c2OCOC3)Oc2cc(OS(=O)(=O)c3ccc(F)cc3)ccc21. The van der Waals surface area contributed by atoms with E-state index in [2.05, 4.69) is 0 Å². The molecule has 0 unspecified atom stereocenters. The van der Waals surface area contributed by atoms with Crippen LogP contribution in [0.3, 0.4) is 0 Å². The van der Waals surface area contributed by atoms with E-state index in [-0.39, 0.29) is 34.5 Å². The van der Waals surface area contributed by atoms with Crippen molar-refractivity contribution in [3.63, 3.8) is 0 Å². The molecule has 0 amide bonds. The van der Waals surface area contributed by atoms with Gasteiger partial charge in [0.15, 0.2) is 12.6 Å². The first-order chi connectivity index (χ1) is 15.8. The number of Topliss-reactive ketones (excluding diaryl/α,β-unsaturated/α-hetero) is 1. The lowest BCUT2D eigenvalue weighted by Crippen LogP contribution is -2.12. The smallest absolute Gasteiger partial charge is 0.339 e. The molecule has 0 saturated heterocycles. The second-order valence-electron chi connectivity index (χ2n) is 7.18. The lowest BCUT2D eigenvalue weighted by atomic mass is 10.1. The minimum atomic E-state index is -4.20. The maximum Gasteiger partial charge on any atom is 0.339 e. The molecule has 0 aliphatic carbocycles. The van der Waals surface area contributed by atoms with Crippen LogP contribution in [0, 0.1) is 5.82 Å². The quantitative estimate of drug-likeness (QED) is 0.387. The number of benzene rings is 3. The maximum absolute atomic E-state index is 13.1. The summed E-state index contributed by atoms with van der Waals surface area (Å²) < 4.78 is 59.6. The number of allylic oxidation sites excluding steroid dienone is 1. The van der Waals surface area contributed by atoms with Crippen molar-refractivity contribution in [1.29, 1.82) is 0 Å². The van der Waals surface area contributed by atoms with Crippen LogP contribution in [0.5, 0.6) is 17.2 Å². The molecule has 2 aliphatic rings. The number of hydrogen-bond donors (Lipinski definition) is 0. The highest BCUT2D eigenvalue weighted by Crippen LogP contribution is 2.38. The van der Waals surface area contributed by atoms with Crippen LogP contribution in [0.25, 0.3) is 6.08 Å². The molecule has 7 nitrogen and oxygen atoms in total. The van der Waals surface area contributed by atoms with Gasteiger partial charge in [-0.2, -0.15) is 8.42 Å². The van der Waals surface area contributed by atoms with Crippen molar-refractivity contribution in [3.8, 4) is 17.2 Å². The minimum absolute atomic E-state index is 0.0168. The minimum Gasteiger partial charge on any atom is -0.467 e. The second-order valence-corrected chi connectivity index (χ2v) is 9.17. The first kappa shape index (κ1) is 21.4. The van der Waals surface area contributed by atoms with Crippen molar-refractivity contribution in [2.75, 3.05) is 6.79 Å². The summed E-state index contributed by atoms with van der Waals surface area (Å²) in [4.78, 5) is 12.6. The molecular formula is C23H14ClFO7S. The van der Waals surface area contributed by atoms with Gasteiger partial charge in [-0.05, 0) is 54.6 Å². The zero-order chi connectivity index (χ0) is 23.2. The number of ketones is 1. The topological polar surface area (TPSA) is 88.1 Å². The number of carbonyl (C=O) groups is 1. The van der Waals surface area contributed by atoms with Crippen LogP contribution in [0.1, 0.15) is 21.5 Å². The van der Waals surface area contributed by atoms with Gasteiger partial charge >= 0.3 is 10.1 Å². The Morgan fingerprint density at radius 1 is 1.06 bits per heavy atom. The molecule has 0 atom stereocenters. The molecule has 10 heteroatoms. The predicted octanol–water partition coefficient (Wildman–Crippen LogP) is 4.73. The van der Waals surface area contributed by atoms with Crippen molar-refractivity contribution < 1.29 is 36.0 Å². The highest BCUT2D eigenvalue weighted by atomic mass is 35.5. The standard InChI is InChI=1S/C23H14ClFO7S/c24-15-7-13(23-14(8-15)11-29-12-30-23)9-21-22(26)19-6-3-17(10-20(19)31-21)32-33(27,28)18-4-1-16(25)2-5-18/h1-10H,11-12H2. The molecule has 0 spiro atoms. The molecule has 168 valence electrons. The van der Waals surface area contributed by atoms with Crippen LogP contribution >= 0.6 is 11.6 Å². The van der Waals surface area contributed by atoms with Crippen molar-refractivity contribution in [1.82, 2.24) is 0 Å². The van der Waals surface area contributed by atoms with E-state index in [0.29, 0.717) is 22.9 Å². The van der Waals surface area contributed by atoms with Gasteiger partial charge in [0.1, 0.15) is 28.0 Å². The van der Waals surface area contributed by atoms with Crippen LogP contribution < -0.4 is 13.7 Å². The Morgan fingerprint density at radius 2 is 1.85 bits per heavy atom. The fraction of sp³-hybridized carbons (Fsp3) is 0.0870. The number of hydrogen-bond acceptors (Lipinski definition) is 7. The molecule has 3 aromatic rings. The first-order valence-electron chi connectivity index (χ1n) is 9.61. The third-order valence-electron chi connectivity index (χ3n) is 4.94. The molecule has 0 saturated carbocycles. The van der Waals surface area contributed by atoms with E-state index in [1.165, 1.54) is 24.3 Å². The summed E-state index contributed by atoms with van der Waals surface area (Å²) in [6.07, 6.45) is 1.51. The third-order valence-corrected chi connectivity index (χ3v) is 6.42. The largest absolute Gasteiger partial charge is 0.467 e. The third kappa shape index (κ3) is 4.18. The summed E-state index contributed by atoms with van der Waals surface area (Å²) in [7, 11) is -4.20. The van der Waals surface area contributed by atoms with E-state index in [1.807, 2.05) is 0 Å². The molecule has 0 aromatic heterocycles. The fourth-order valence-electron chi connectivity index (χ4n) is 3.45. The van der Waals surface area contributed by atoms with Crippen molar-refractivity contribution in [2.45, 2.75) is 11.5 Å². The molecule has 0 radical (unpaired) electrons. The number of rotatable bonds is 4. The monoisotopic (exact) mass is 488 g/mol. The van der Waals surface area contributed by atoms with Gasteiger partial charge in [0.05, 0.1) is 12.2 Å². The Hall–Kier alpha value is -3.40. The summed E-state index contributed by atoms with van der Waals surface area (Å²) in [6, 6.07) is 11.6. The van der Waals surface area contributed by atoms with E-state index < -0.39 is 21.7 Å². The highest BCUT2D eigenvalue weighted by molar-refractivity contribution is 7.87. The Kier molecular flexibility index (Phi) is 5.32. The van der Waals surface area contributed by atoms with E-state index in [0.717, 1.165) is 29.8 Å². The average molecular weight is 489 g/mol. The summed E-state index contributed by atoms with van der Waals surface area (Å²) in [5.74, 6) is -0.329. The first-order valence-corrected chi connectivity index (χ1v) is 11.4. The molecule has 0 fully saturated rings. The summed E-state index contributed by atoms with van der Waals surface area (Å²) in [5, 5.41) is 0.444. The molecule has 5 rings (SSSR count). The van der Waals surface area contributed by atoms with E-state index in [9.17, 15) is 17.6 Å². The zero-order valence-corrected chi connectivity index (χ0v) is 18.3. The predicted molar refractivity (Wildman–Crippen MR) is 115 cm³/mol. The molecule has 2 heterocycles. The van der Waals surface area contributed by atoms with Gasteiger partial charge in [-0.15, -0.1) is 0 Å². The van der Waals surface area contributed by atoms with Gasteiger partial charge in [0.2, 0.25) is 5.78 Å². The second kappa shape index (κ2) is 8.18. The molecule has 33 heavy (non-hydrogen) atoms. The summed E-state index contributed by atoms with van der Waals surface area (Å²) in [5.41, 5.74) is 1.53. The van der Waals surface area contributed by atoms with Gasteiger partial charge in [-0.3, -0.25) is 4.79 Å². The molecule has 0 bridgehead atoms. The van der Waals surface area contributed by atoms with Crippen LogP contribution in [0.4, 0.5) is 4.39 Å². The molecular weight excluding hydrogens is 475 g/mol. The van der Waals surface area contributed by atoms with Crippen LogP contribution in [0.15, 0.2) is 65.3 Å². The fourth-order valence-corrected chi connectivity index (χ4v) is 4.62. The summed E-state index contributed by atoms with van der Waals surface area (Å²) in [6.45, 7) is 0.396. The molecule has 3 aromatic carbocycles. The van der Waals surface area contributed by atoms with E-state index in [1.54, 1.807) is 12.1 Å². The van der Waals surface area contributed by atoms with Crippen molar-refractivity contribution in [3.05, 3.63) is 87.9 Å². The number of fused-ring (bicyclic) bond motifs is 2. The lowest BCUT2D eigenvalue weighted by molar-refractivity contribution is -0.0165. The molecule has 2 aliphatic heterocycles. The van der Waals surface area contributed by atoms with Crippen molar-refractivity contribution >= 4 is 33.6 Å². The van der Waals surface area contributed by atoms with Gasteiger partial charge < -0.3 is 18.4 Å². The van der Waals surface area contributed by atoms with E-state index >= 15 is 0 Å². The maximum atomic E-state index is 13.1. The Bertz CT molecular complexity index is 1420. The Morgan fingerprint density at radius 3 is 2.64 bits per heavy atom. The van der Waals surface area contributed by atoms with Gasteiger partial charge in [0.25, 0.3) is 0 Å². The van der Waals surface area contributed by atoms with Crippen molar-refractivity contribution in [2.24, 2.45) is 0 Å². The Balaban J connectivity index is 1.43. The Labute approximate surface area is 193 Å². The van der Waals surface area contributed by atoms with Gasteiger partial charge in [-0.25, -0.2) is 4.39 Å². The van der Waals surface area contributed by atoms with Gasteiger partial charge in [-0.1, -0.05) is 11.6 Å². The number of carbonyl (C=O) groups excluding carboxylic acids is 1. The number of halogens is 2. The average Bonchev–Trinajstić information content (AvgIpc) is 3.08. The number of ether oxygens (including phenoxy) is 3. The van der Waals surface area contributed by atoms with Crippen LogP contribution in [-0.2, 0) is 21.5 Å². The van der Waals surface area contributed by atoms with Crippen LogP contribution in [0.2, 0.25) is 5.02 Å². The lowest BCUT2D eigenvalue weighted by Gasteiger charge is -2.20. The van der Waals surface area contributed by atoms with Gasteiger partial charge in [0, 0.05) is 22.2 Å². The summed E-state index contributed by atoms with van der Waals surface area (Å²) >= 11 is 6.17. The zero-order valence-electron chi connectivity index (χ0n) is 16.7. The van der Waals surface area contributed by atoms with E-state index in [4.69, 9.17) is 30.0 Å². The van der Waals surface area contributed by atoms with Crippen LogP contribution in [-0.4, -0.2) is 21.0 Å². The normalized spacial score (nSPS) is 16.1. The molecule has 0 N–H and O–H groups in total. The highest BCUT2D eigenvalue weighted by Gasteiger charge is 2.29.